The molecule has 4 nitrogen and oxygen atoms in total. The summed E-state index contributed by atoms with van der Waals surface area (Å²) in [6, 6.07) is 1.35. The number of rotatable bonds is 1. The molecule has 0 radical (unpaired) electrons. The van der Waals surface area contributed by atoms with Crippen LogP contribution in [-0.4, -0.2) is 18.5 Å². The molecule has 1 aliphatic heterocycles. The van der Waals surface area contributed by atoms with E-state index in [-0.39, 0.29) is 22.3 Å². The van der Waals surface area contributed by atoms with E-state index in [1.54, 1.807) is 0 Å². The average molecular weight is 263 g/mol. The van der Waals surface area contributed by atoms with Crippen molar-refractivity contribution in [2.75, 3.05) is 11.4 Å². The number of halogens is 3. The van der Waals surface area contributed by atoms with Gasteiger partial charge < -0.3 is 5.32 Å². The zero-order chi connectivity index (χ0) is 11.9. The summed E-state index contributed by atoms with van der Waals surface area (Å²) in [6.07, 6.45) is 0. The van der Waals surface area contributed by atoms with Crippen molar-refractivity contribution in [3.63, 3.8) is 0 Å². The standard InChI is InChI=1S/C9H5Cl2FN2O2/c10-5-1-4(12)2-6(11)8(5)14-7(15)3-13-9(14)16/h1-2H,3H2,(H,13,16). The number of amides is 3. The summed E-state index contributed by atoms with van der Waals surface area (Å²) in [6.45, 7) is -0.122. The Morgan fingerprint density at radius 1 is 1.25 bits per heavy atom. The van der Waals surface area contributed by atoms with Gasteiger partial charge in [-0.15, -0.1) is 0 Å². The number of imide groups is 1. The fourth-order valence-electron chi connectivity index (χ4n) is 1.40. The molecule has 3 amide bonds. The third-order valence-electron chi connectivity index (χ3n) is 2.05. The van der Waals surface area contributed by atoms with Gasteiger partial charge in [0.2, 0.25) is 0 Å². The number of hydrogen-bond acceptors (Lipinski definition) is 2. The first-order valence-electron chi connectivity index (χ1n) is 4.26. The minimum absolute atomic E-state index is 0.00438. The number of carbonyl (C=O) groups excluding carboxylic acids is 2. The highest BCUT2D eigenvalue weighted by Crippen LogP contribution is 2.35. The van der Waals surface area contributed by atoms with Gasteiger partial charge in [-0.25, -0.2) is 14.1 Å². The predicted molar refractivity (Wildman–Crippen MR) is 57.3 cm³/mol. The van der Waals surface area contributed by atoms with Crippen LogP contribution in [0.3, 0.4) is 0 Å². The zero-order valence-electron chi connectivity index (χ0n) is 7.76. The van der Waals surface area contributed by atoms with E-state index in [1.165, 1.54) is 0 Å². The summed E-state index contributed by atoms with van der Waals surface area (Å²) in [5.74, 6) is -1.12. The molecule has 0 atom stereocenters. The van der Waals surface area contributed by atoms with Gasteiger partial charge in [0.05, 0.1) is 22.3 Å². The van der Waals surface area contributed by atoms with E-state index in [1.807, 2.05) is 0 Å². The minimum Gasteiger partial charge on any atom is -0.328 e. The summed E-state index contributed by atoms with van der Waals surface area (Å²) >= 11 is 11.5. The average Bonchev–Trinajstić information content (AvgIpc) is 2.47. The second-order valence-electron chi connectivity index (χ2n) is 3.11. The summed E-state index contributed by atoms with van der Waals surface area (Å²) in [5, 5.41) is 2.14. The van der Waals surface area contributed by atoms with Crippen LogP contribution >= 0.6 is 23.2 Å². The molecule has 0 bridgehead atoms. The van der Waals surface area contributed by atoms with Crippen LogP contribution in [0.1, 0.15) is 0 Å². The Morgan fingerprint density at radius 2 is 1.81 bits per heavy atom. The molecule has 16 heavy (non-hydrogen) atoms. The Labute approximate surface area is 99.9 Å². The lowest BCUT2D eigenvalue weighted by Gasteiger charge is -2.15. The van der Waals surface area contributed by atoms with Gasteiger partial charge in [-0.3, -0.25) is 4.79 Å². The Bertz CT molecular complexity index is 453. The molecular weight excluding hydrogens is 258 g/mol. The van der Waals surface area contributed by atoms with E-state index in [4.69, 9.17) is 23.2 Å². The number of urea groups is 1. The van der Waals surface area contributed by atoms with Gasteiger partial charge in [-0.05, 0) is 12.1 Å². The molecule has 1 aliphatic rings. The molecule has 2 rings (SSSR count). The van der Waals surface area contributed by atoms with Crippen molar-refractivity contribution in [2.45, 2.75) is 0 Å². The maximum Gasteiger partial charge on any atom is 0.329 e. The third-order valence-corrected chi connectivity index (χ3v) is 2.62. The molecule has 0 spiro atoms. The number of benzene rings is 1. The number of anilines is 1. The first kappa shape index (κ1) is 11.2. The quantitative estimate of drug-likeness (QED) is 0.789. The maximum atomic E-state index is 12.9. The van der Waals surface area contributed by atoms with Crippen molar-refractivity contribution in [2.24, 2.45) is 0 Å². The summed E-state index contributed by atoms with van der Waals surface area (Å²) in [7, 11) is 0. The van der Waals surface area contributed by atoms with Crippen molar-refractivity contribution < 1.29 is 14.0 Å². The summed E-state index contributed by atoms with van der Waals surface area (Å²) in [5.41, 5.74) is 0.00438. The van der Waals surface area contributed by atoms with Crippen LogP contribution in [0.15, 0.2) is 12.1 Å². The van der Waals surface area contributed by atoms with Crippen molar-refractivity contribution in [1.82, 2.24) is 5.32 Å². The van der Waals surface area contributed by atoms with Gasteiger partial charge >= 0.3 is 6.03 Å². The molecule has 1 aromatic rings. The Kier molecular flexibility index (Phi) is 2.73. The lowest BCUT2D eigenvalue weighted by molar-refractivity contribution is -0.115. The molecule has 1 fully saturated rings. The first-order chi connectivity index (χ1) is 7.50. The molecule has 1 aromatic carbocycles. The third kappa shape index (κ3) is 1.72. The Balaban J connectivity index is 2.55. The molecule has 1 heterocycles. The van der Waals surface area contributed by atoms with E-state index < -0.39 is 17.8 Å². The molecule has 1 saturated heterocycles. The maximum absolute atomic E-state index is 12.9. The lowest BCUT2D eigenvalue weighted by Crippen LogP contribution is -2.31. The van der Waals surface area contributed by atoms with Gasteiger partial charge in [0, 0.05) is 0 Å². The van der Waals surface area contributed by atoms with Crippen LogP contribution in [0.25, 0.3) is 0 Å². The van der Waals surface area contributed by atoms with Crippen molar-refractivity contribution >= 4 is 40.8 Å². The number of carbonyl (C=O) groups is 2. The second-order valence-corrected chi connectivity index (χ2v) is 3.92. The van der Waals surface area contributed by atoms with Crippen LogP contribution in [0, 0.1) is 5.82 Å². The summed E-state index contributed by atoms with van der Waals surface area (Å²) < 4.78 is 12.9. The van der Waals surface area contributed by atoms with Crippen LogP contribution in [0.5, 0.6) is 0 Å². The monoisotopic (exact) mass is 262 g/mol. The van der Waals surface area contributed by atoms with E-state index >= 15 is 0 Å². The van der Waals surface area contributed by atoms with E-state index in [2.05, 4.69) is 5.32 Å². The van der Waals surface area contributed by atoms with E-state index in [9.17, 15) is 14.0 Å². The van der Waals surface area contributed by atoms with Crippen LogP contribution in [0.4, 0.5) is 14.9 Å². The van der Waals surface area contributed by atoms with Crippen LogP contribution < -0.4 is 10.2 Å². The number of nitrogens with one attached hydrogen (secondary N) is 1. The fraction of sp³-hybridized carbons (Fsp3) is 0.111. The molecular formula is C9H5Cl2FN2O2. The molecule has 84 valence electrons. The number of nitrogens with zero attached hydrogens (tertiary/aromatic N) is 1. The van der Waals surface area contributed by atoms with E-state index in [0.29, 0.717) is 0 Å². The highest BCUT2D eigenvalue weighted by Gasteiger charge is 2.33. The first-order valence-corrected chi connectivity index (χ1v) is 5.01. The molecule has 0 saturated carbocycles. The molecule has 0 aromatic heterocycles. The minimum atomic E-state index is -0.634. The van der Waals surface area contributed by atoms with Gasteiger partial charge in [0.1, 0.15) is 5.82 Å². The van der Waals surface area contributed by atoms with E-state index in [0.717, 1.165) is 17.0 Å². The van der Waals surface area contributed by atoms with Crippen molar-refractivity contribution in [1.29, 1.82) is 0 Å². The normalized spacial score (nSPS) is 15.6. The molecule has 0 unspecified atom stereocenters. The second kappa shape index (κ2) is 3.92. The van der Waals surface area contributed by atoms with Crippen molar-refractivity contribution in [3.05, 3.63) is 28.0 Å². The SMILES string of the molecule is O=C1CNC(=O)N1c1c(Cl)cc(F)cc1Cl. The molecule has 1 N–H and O–H groups in total. The smallest absolute Gasteiger partial charge is 0.328 e. The highest BCUT2D eigenvalue weighted by atomic mass is 35.5. The topological polar surface area (TPSA) is 49.4 Å². The Hall–Kier alpha value is -1.33. The molecule has 7 heteroatoms. The van der Waals surface area contributed by atoms with Crippen molar-refractivity contribution in [3.8, 4) is 0 Å². The van der Waals surface area contributed by atoms with Gasteiger partial charge in [-0.2, -0.15) is 0 Å². The predicted octanol–water partition coefficient (Wildman–Crippen LogP) is 2.19. The number of hydrogen-bond donors (Lipinski definition) is 1. The summed E-state index contributed by atoms with van der Waals surface area (Å²) in [4.78, 5) is 23.6. The molecule has 0 aliphatic carbocycles. The fourth-order valence-corrected chi connectivity index (χ4v) is 2.03. The zero-order valence-corrected chi connectivity index (χ0v) is 9.27. The van der Waals surface area contributed by atoms with Gasteiger partial charge in [0.15, 0.2) is 0 Å². The van der Waals surface area contributed by atoms with Gasteiger partial charge in [0.25, 0.3) is 5.91 Å². The highest BCUT2D eigenvalue weighted by molar-refractivity contribution is 6.41. The lowest BCUT2D eigenvalue weighted by atomic mass is 10.3. The van der Waals surface area contributed by atoms with Crippen LogP contribution in [0.2, 0.25) is 10.0 Å². The van der Waals surface area contributed by atoms with Crippen LogP contribution in [-0.2, 0) is 4.79 Å². The Morgan fingerprint density at radius 3 is 2.25 bits per heavy atom. The largest absolute Gasteiger partial charge is 0.329 e. The van der Waals surface area contributed by atoms with Gasteiger partial charge in [-0.1, -0.05) is 23.2 Å².